The number of hydrogen-bond acceptors (Lipinski definition) is 7. The second kappa shape index (κ2) is 14.9. The fourth-order valence-electron chi connectivity index (χ4n) is 4.30. The average Bonchev–Trinajstić information content (AvgIpc) is 2.96. The zero-order valence-electron chi connectivity index (χ0n) is 22.2. The van der Waals surface area contributed by atoms with Crippen molar-refractivity contribution in [1.82, 2.24) is 10.2 Å². The number of hydrogen-bond donors (Lipinski definition) is 3. The summed E-state index contributed by atoms with van der Waals surface area (Å²) in [7, 11) is 1.42. The molecule has 3 atom stereocenters. The molecule has 2 amide bonds. The van der Waals surface area contributed by atoms with Gasteiger partial charge in [-0.2, -0.15) is 0 Å². The van der Waals surface area contributed by atoms with E-state index in [1.165, 1.54) is 42.4 Å². The summed E-state index contributed by atoms with van der Waals surface area (Å²) in [6.07, 6.45) is 3.50. The number of halogens is 2. The first-order valence-electron chi connectivity index (χ1n) is 12.7. The molecule has 0 radical (unpaired) electrons. The standard InChI is InChI=1S/C29H32FIN2O7/c1-3-4-5-26(36)33(16-18-6-8-21(30)9-7-18)23-14-20(29(38)32-10-11-34)15-24(27(23)37)40-28-22(31)12-19(17-35)13-25(28)39-2/h4-9,12-13,15,17,23-24,27,34,37H,3,10-11,14,16H2,1-2H3,(H,32,38)/t23-,24+,27+/m1/s1. The van der Waals surface area contributed by atoms with Gasteiger partial charge in [-0.25, -0.2) is 4.39 Å². The minimum atomic E-state index is -1.28. The molecular formula is C29H32FIN2O7. The number of benzene rings is 2. The molecule has 0 heterocycles. The summed E-state index contributed by atoms with van der Waals surface area (Å²) < 4.78 is 25.7. The van der Waals surface area contributed by atoms with Crippen LogP contribution in [0.5, 0.6) is 11.5 Å². The highest BCUT2D eigenvalue weighted by Crippen LogP contribution is 2.37. The molecule has 40 heavy (non-hydrogen) atoms. The molecule has 0 aromatic heterocycles. The third-order valence-electron chi connectivity index (χ3n) is 6.30. The third kappa shape index (κ3) is 7.89. The number of aliphatic hydroxyl groups excluding tert-OH is 2. The first-order chi connectivity index (χ1) is 19.2. The van der Waals surface area contributed by atoms with Gasteiger partial charge >= 0.3 is 0 Å². The monoisotopic (exact) mass is 666 g/mol. The van der Waals surface area contributed by atoms with Crippen LogP contribution >= 0.6 is 22.6 Å². The second-order valence-corrected chi connectivity index (χ2v) is 10.2. The van der Waals surface area contributed by atoms with Gasteiger partial charge in [-0.1, -0.05) is 25.1 Å². The summed E-state index contributed by atoms with van der Waals surface area (Å²) in [6.45, 7) is 1.68. The van der Waals surface area contributed by atoms with Crippen LogP contribution in [0, 0.1) is 9.39 Å². The van der Waals surface area contributed by atoms with Crippen molar-refractivity contribution in [2.24, 2.45) is 0 Å². The Hall–Kier alpha value is -3.29. The molecule has 1 aliphatic carbocycles. The number of rotatable bonds is 12. The normalized spacial score (nSPS) is 18.6. The lowest BCUT2D eigenvalue weighted by Crippen LogP contribution is -2.54. The Morgan fingerprint density at radius 3 is 2.60 bits per heavy atom. The number of aliphatic hydroxyl groups is 2. The van der Waals surface area contributed by atoms with E-state index in [1.54, 1.807) is 24.3 Å². The maximum Gasteiger partial charge on any atom is 0.247 e. The Labute approximate surface area is 245 Å². The summed E-state index contributed by atoms with van der Waals surface area (Å²) in [4.78, 5) is 39.1. The highest BCUT2D eigenvalue weighted by atomic mass is 127. The minimum Gasteiger partial charge on any atom is -0.493 e. The van der Waals surface area contributed by atoms with E-state index < -0.39 is 35.9 Å². The topological polar surface area (TPSA) is 125 Å². The lowest BCUT2D eigenvalue weighted by Gasteiger charge is -2.40. The lowest BCUT2D eigenvalue weighted by atomic mass is 9.87. The van der Waals surface area contributed by atoms with Crippen LogP contribution in [0.1, 0.15) is 35.7 Å². The number of allylic oxidation sites excluding steroid dienone is 1. The number of aldehydes is 1. The van der Waals surface area contributed by atoms with Crippen LogP contribution < -0.4 is 14.8 Å². The number of nitrogens with zero attached hydrogens (tertiary/aromatic N) is 1. The van der Waals surface area contributed by atoms with Crippen LogP contribution in [-0.4, -0.2) is 71.7 Å². The zero-order valence-corrected chi connectivity index (χ0v) is 24.3. The first kappa shape index (κ1) is 31.2. The number of amides is 2. The lowest BCUT2D eigenvalue weighted by molar-refractivity contribution is -0.134. The van der Waals surface area contributed by atoms with Crippen LogP contribution in [0.2, 0.25) is 0 Å². The van der Waals surface area contributed by atoms with Crippen LogP contribution in [0.4, 0.5) is 4.39 Å². The van der Waals surface area contributed by atoms with Crippen molar-refractivity contribution < 1.29 is 38.5 Å². The quantitative estimate of drug-likeness (QED) is 0.181. The zero-order chi connectivity index (χ0) is 29.2. The van der Waals surface area contributed by atoms with Crippen molar-refractivity contribution in [3.05, 3.63) is 80.7 Å². The molecule has 3 N–H and O–H groups in total. The van der Waals surface area contributed by atoms with Crippen molar-refractivity contribution in [3.8, 4) is 11.5 Å². The summed E-state index contributed by atoms with van der Waals surface area (Å²) >= 11 is 1.98. The van der Waals surface area contributed by atoms with Crippen molar-refractivity contribution >= 4 is 40.7 Å². The van der Waals surface area contributed by atoms with Crippen LogP contribution in [0.15, 0.2) is 60.2 Å². The van der Waals surface area contributed by atoms with Gasteiger partial charge in [-0.3, -0.25) is 14.4 Å². The molecule has 0 aliphatic heterocycles. The van der Waals surface area contributed by atoms with Gasteiger partial charge in [0.1, 0.15) is 24.3 Å². The summed E-state index contributed by atoms with van der Waals surface area (Å²) in [5.74, 6) is -0.780. The highest BCUT2D eigenvalue weighted by molar-refractivity contribution is 14.1. The maximum absolute atomic E-state index is 13.6. The van der Waals surface area contributed by atoms with Crippen molar-refractivity contribution in [1.29, 1.82) is 0 Å². The van der Waals surface area contributed by atoms with Crippen molar-refractivity contribution in [2.75, 3.05) is 20.3 Å². The van der Waals surface area contributed by atoms with Crippen molar-refractivity contribution in [3.63, 3.8) is 0 Å². The van der Waals surface area contributed by atoms with E-state index in [0.29, 0.717) is 27.4 Å². The van der Waals surface area contributed by atoms with Gasteiger partial charge in [0, 0.05) is 30.6 Å². The van der Waals surface area contributed by atoms with E-state index in [1.807, 2.05) is 29.5 Å². The van der Waals surface area contributed by atoms with Crippen LogP contribution in [-0.2, 0) is 16.1 Å². The SMILES string of the molecule is CCC=CC(=O)N(Cc1ccc(F)cc1)[C@@H]1CC(C(=O)NCCO)=C[C@H](Oc2c(I)cc(C=O)cc2OC)[C@H]1O. The highest BCUT2D eigenvalue weighted by Gasteiger charge is 2.40. The van der Waals surface area contributed by atoms with Gasteiger partial charge in [0.25, 0.3) is 0 Å². The van der Waals surface area contributed by atoms with Crippen molar-refractivity contribution in [2.45, 2.75) is 44.6 Å². The predicted octanol–water partition coefficient (Wildman–Crippen LogP) is 3.16. The first-order valence-corrected chi connectivity index (χ1v) is 13.8. The largest absolute Gasteiger partial charge is 0.493 e. The molecule has 0 unspecified atom stereocenters. The Morgan fingerprint density at radius 1 is 1.25 bits per heavy atom. The van der Waals surface area contributed by atoms with Gasteiger partial charge < -0.3 is 29.9 Å². The molecule has 214 valence electrons. The van der Waals surface area contributed by atoms with E-state index in [-0.39, 0.29) is 43.2 Å². The van der Waals surface area contributed by atoms with E-state index in [2.05, 4.69) is 5.32 Å². The smallest absolute Gasteiger partial charge is 0.247 e. The Morgan fingerprint density at radius 2 is 1.98 bits per heavy atom. The molecule has 1 aliphatic rings. The average molecular weight is 666 g/mol. The molecule has 0 spiro atoms. The summed E-state index contributed by atoms with van der Waals surface area (Å²) in [5.41, 5.74) is 1.25. The number of ether oxygens (including phenoxy) is 2. The number of carbonyl (C=O) groups excluding carboxylic acids is 3. The second-order valence-electron chi connectivity index (χ2n) is 9.07. The molecular weight excluding hydrogens is 634 g/mol. The number of carbonyl (C=O) groups is 3. The van der Waals surface area contributed by atoms with Crippen LogP contribution in [0.3, 0.4) is 0 Å². The molecule has 0 bridgehead atoms. The van der Waals surface area contributed by atoms with Gasteiger partial charge in [0.2, 0.25) is 11.8 Å². The van der Waals surface area contributed by atoms with E-state index in [4.69, 9.17) is 9.47 Å². The number of methoxy groups -OCH3 is 1. The number of nitrogens with one attached hydrogen (secondary N) is 1. The molecule has 0 fully saturated rings. The third-order valence-corrected chi connectivity index (χ3v) is 7.10. The fourth-order valence-corrected chi connectivity index (χ4v) is 5.05. The van der Waals surface area contributed by atoms with Gasteiger partial charge in [-0.15, -0.1) is 0 Å². The Bertz CT molecular complexity index is 1270. The molecule has 0 saturated carbocycles. The Balaban J connectivity index is 2.05. The summed E-state index contributed by atoms with van der Waals surface area (Å²) in [5, 5.41) is 23.4. The molecule has 2 aromatic rings. The van der Waals surface area contributed by atoms with Crippen LogP contribution in [0.25, 0.3) is 0 Å². The molecule has 2 aromatic carbocycles. The molecule has 3 rings (SSSR count). The molecule has 11 heteroatoms. The Kier molecular flexibility index (Phi) is 11.6. The van der Waals surface area contributed by atoms with E-state index in [9.17, 15) is 29.0 Å². The molecule has 9 nitrogen and oxygen atoms in total. The fraction of sp³-hybridized carbons (Fsp3) is 0.345. The van der Waals surface area contributed by atoms with E-state index >= 15 is 0 Å². The molecule has 0 saturated heterocycles. The predicted molar refractivity (Wildman–Crippen MR) is 154 cm³/mol. The summed E-state index contributed by atoms with van der Waals surface area (Å²) in [6, 6.07) is 7.86. The van der Waals surface area contributed by atoms with Gasteiger partial charge in [-0.05, 0) is 71.0 Å². The maximum atomic E-state index is 13.6. The van der Waals surface area contributed by atoms with Gasteiger partial charge in [0.05, 0.1) is 23.3 Å². The van der Waals surface area contributed by atoms with E-state index in [0.717, 1.165) is 0 Å². The minimum absolute atomic E-state index is 0.00347. The van der Waals surface area contributed by atoms with Gasteiger partial charge in [0.15, 0.2) is 11.5 Å².